The van der Waals surface area contributed by atoms with Crippen molar-refractivity contribution in [1.82, 2.24) is 9.47 Å². The van der Waals surface area contributed by atoms with Gasteiger partial charge in [-0.2, -0.15) is 0 Å². The van der Waals surface area contributed by atoms with E-state index in [4.69, 9.17) is 0 Å². The Morgan fingerprint density at radius 2 is 1.88 bits per heavy atom. The second-order valence-electron chi connectivity index (χ2n) is 7.82. The molecule has 0 N–H and O–H groups in total. The Balaban J connectivity index is 1.18. The zero-order chi connectivity index (χ0) is 17.5. The van der Waals surface area contributed by atoms with Crippen molar-refractivity contribution >= 4 is 27.3 Å². The first-order valence-electron chi connectivity index (χ1n) is 9.65. The van der Waals surface area contributed by atoms with Crippen LogP contribution in [-0.2, 0) is 13.1 Å². The molecule has 0 spiro atoms. The molecule has 1 aromatic carbocycles. The number of carbonyl (C=O) groups is 1. The molecular formula is C22H24N2OS. The van der Waals surface area contributed by atoms with Gasteiger partial charge in [0.2, 0.25) is 0 Å². The zero-order valence-electron chi connectivity index (χ0n) is 14.9. The summed E-state index contributed by atoms with van der Waals surface area (Å²) in [6.45, 7) is 4.25. The van der Waals surface area contributed by atoms with Crippen LogP contribution in [0.15, 0.2) is 47.8 Å². The summed E-state index contributed by atoms with van der Waals surface area (Å²) < 4.78 is 2.26. The molecule has 0 bridgehead atoms. The third-order valence-electron chi connectivity index (χ3n) is 6.10. The van der Waals surface area contributed by atoms with Gasteiger partial charge in [0.05, 0.1) is 5.69 Å². The molecule has 1 unspecified atom stereocenters. The van der Waals surface area contributed by atoms with Gasteiger partial charge in [0, 0.05) is 24.4 Å². The summed E-state index contributed by atoms with van der Waals surface area (Å²) in [5, 5.41) is 3.35. The molecule has 1 saturated heterocycles. The fraction of sp³-hybridized carbons (Fsp3) is 0.409. The van der Waals surface area contributed by atoms with Crippen LogP contribution in [0.5, 0.6) is 0 Å². The first-order valence-corrected chi connectivity index (χ1v) is 10.5. The summed E-state index contributed by atoms with van der Waals surface area (Å²) in [5.41, 5.74) is 2.34. The number of carbonyl (C=O) groups excluding carboxylic acids is 1. The summed E-state index contributed by atoms with van der Waals surface area (Å²) in [7, 11) is 0. The van der Waals surface area contributed by atoms with E-state index in [0.717, 1.165) is 38.3 Å². The van der Waals surface area contributed by atoms with Crippen molar-refractivity contribution < 1.29 is 4.79 Å². The van der Waals surface area contributed by atoms with Crippen molar-refractivity contribution in [2.75, 3.05) is 13.1 Å². The van der Waals surface area contributed by atoms with Gasteiger partial charge in [-0.15, -0.1) is 11.3 Å². The Bertz CT molecular complexity index is 918. The normalized spacial score (nSPS) is 21.5. The van der Waals surface area contributed by atoms with Crippen LogP contribution in [0.1, 0.15) is 35.3 Å². The number of thiophene rings is 1. The Morgan fingerprint density at radius 3 is 2.69 bits per heavy atom. The third kappa shape index (κ3) is 2.91. The van der Waals surface area contributed by atoms with Crippen LogP contribution in [0.3, 0.4) is 0 Å². The molecular weight excluding hydrogens is 340 g/mol. The highest BCUT2D eigenvalue weighted by atomic mass is 32.1. The molecule has 0 aliphatic carbocycles. The Hall–Kier alpha value is -1.91. The van der Waals surface area contributed by atoms with E-state index >= 15 is 0 Å². The van der Waals surface area contributed by atoms with E-state index in [1.54, 1.807) is 11.3 Å². The van der Waals surface area contributed by atoms with Crippen molar-refractivity contribution in [3.63, 3.8) is 0 Å². The Labute approximate surface area is 158 Å². The van der Waals surface area contributed by atoms with Crippen LogP contribution in [0, 0.1) is 11.8 Å². The number of fused-ring (bicyclic) bond motifs is 3. The second kappa shape index (κ2) is 6.67. The highest BCUT2D eigenvalue weighted by molar-refractivity contribution is 7.16. The predicted molar refractivity (Wildman–Crippen MR) is 107 cm³/mol. The minimum absolute atomic E-state index is 0.196. The first-order chi connectivity index (χ1) is 12.8. The van der Waals surface area contributed by atoms with Crippen molar-refractivity contribution in [3.8, 4) is 0 Å². The fourth-order valence-corrected chi connectivity index (χ4v) is 5.59. The molecule has 2 aliphatic rings. The van der Waals surface area contributed by atoms with Crippen molar-refractivity contribution in [2.45, 2.75) is 32.4 Å². The Morgan fingerprint density at radius 1 is 1.08 bits per heavy atom. The zero-order valence-corrected chi connectivity index (χ0v) is 15.8. The average Bonchev–Trinajstić information content (AvgIpc) is 3.32. The minimum Gasteiger partial charge on any atom is -0.329 e. The number of likely N-dealkylation sites (tertiary alicyclic amines) is 1. The summed E-state index contributed by atoms with van der Waals surface area (Å²) in [6, 6.07) is 15.0. The van der Waals surface area contributed by atoms with Crippen LogP contribution in [0.2, 0.25) is 0 Å². The molecule has 0 saturated carbocycles. The molecule has 4 heterocycles. The minimum atomic E-state index is 0.196. The van der Waals surface area contributed by atoms with E-state index in [1.165, 1.54) is 28.6 Å². The van der Waals surface area contributed by atoms with E-state index in [-0.39, 0.29) is 5.92 Å². The average molecular weight is 365 g/mol. The van der Waals surface area contributed by atoms with Crippen LogP contribution in [-0.4, -0.2) is 28.3 Å². The molecule has 1 fully saturated rings. The number of Topliss-reactive ketones (excluding diaryl/α,β-unsaturated/α-hetero) is 1. The molecule has 0 radical (unpaired) electrons. The first kappa shape index (κ1) is 16.3. The fourth-order valence-electron chi connectivity index (χ4n) is 4.68. The molecule has 4 heteroatoms. The number of rotatable bonds is 4. The molecule has 26 heavy (non-hydrogen) atoms. The van der Waals surface area contributed by atoms with Gasteiger partial charge in [0.25, 0.3) is 0 Å². The summed E-state index contributed by atoms with van der Waals surface area (Å²) in [4.78, 5) is 16.6. The summed E-state index contributed by atoms with van der Waals surface area (Å²) in [6.07, 6.45) is 3.51. The van der Waals surface area contributed by atoms with Crippen molar-refractivity contribution in [1.29, 1.82) is 0 Å². The maximum Gasteiger partial charge on any atom is 0.184 e. The number of ketones is 1. The van der Waals surface area contributed by atoms with Gasteiger partial charge in [-0.3, -0.25) is 9.69 Å². The van der Waals surface area contributed by atoms with Crippen molar-refractivity contribution in [2.24, 2.45) is 11.8 Å². The lowest BCUT2D eigenvalue weighted by molar-refractivity contribution is 0.0894. The van der Waals surface area contributed by atoms with E-state index < -0.39 is 0 Å². The van der Waals surface area contributed by atoms with Crippen LogP contribution in [0.25, 0.3) is 10.2 Å². The number of piperidine rings is 1. The second-order valence-corrected chi connectivity index (χ2v) is 8.72. The number of benzene rings is 1. The molecule has 3 aromatic rings. The lowest BCUT2D eigenvalue weighted by Gasteiger charge is -2.32. The lowest BCUT2D eigenvalue weighted by Crippen LogP contribution is -2.34. The Kier molecular flexibility index (Phi) is 4.18. The molecule has 0 amide bonds. The quantitative estimate of drug-likeness (QED) is 0.663. The monoisotopic (exact) mass is 364 g/mol. The summed E-state index contributed by atoms with van der Waals surface area (Å²) in [5.74, 6) is 1.27. The van der Waals surface area contributed by atoms with Gasteiger partial charge in [-0.1, -0.05) is 30.3 Å². The van der Waals surface area contributed by atoms with Gasteiger partial charge in [0.15, 0.2) is 5.78 Å². The number of hydrogen-bond donors (Lipinski definition) is 0. The van der Waals surface area contributed by atoms with Gasteiger partial charge in [-0.05, 0) is 61.3 Å². The number of hydrogen-bond acceptors (Lipinski definition) is 3. The van der Waals surface area contributed by atoms with Gasteiger partial charge in [0.1, 0.15) is 4.83 Å². The van der Waals surface area contributed by atoms with E-state index in [9.17, 15) is 4.79 Å². The topological polar surface area (TPSA) is 25.2 Å². The third-order valence-corrected chi connectivity index (χ3v) is 7.05. The SMILES string of the molecule is O=C1c2cc3ccsc3n2CC1CC1CCN(Cc2ccccc2)CC1. The van der Waals surface area contributed by atoms with Gasteiger partial charge >= 0.3 is 0 Å². The molecule has 5 rings (SSSR count). The molecule has 2 aliphatic heterocycles. The smallest absolute Gasteiger partial charge is 0.184 e. The molecule has 2 aromatic heterocycles. The van der Waals surface area contributed by atoms with E-state index in [2.05, 4.69) is 57.3 Å². The van der Waals surface area contributed by atoms with E-state index in [1.807, 2.05) is 0 Å². The highest BCUT2D eigenvalue weighted by Gasteiger charge is 2.34. The maximum atomic E-state index is 12.8. The van der Waals surface area contributed by atoms with Crippen molar-refractivity contribution in [3.05, 3.63) is 59.1 Å². The summed E-state index contributed by atoms with van der Waals surface area (Å²) >= 11 is 1.75. The van der Waals surface area contributed by atoms with Crippen LogP contribution in [0.4, 0.5) is 0 Å². The van der Waals surface area contributed by atoms with Crippen LogP contribution < -0.4 is 0 Å². The molecule has 134 valence electrons. The molecule has 3 nitrogen and oxygen atoms in total. The standard InChI is InChI=1S/C22H24N2OS/c25-21-19(15-24-20(21)13-18-8-11-26-22(18)24)12-16-6-9-23(10-7-16)14-17-4-2-1-3-5-17/h1-5,8,11,13,16,19H,6-7,9-10,12,14-15H2. The predicted octanol–water partition coefficient (Wildman–Crippen LogP) is 4.82. The molecule has 1 atom stereocenters. The van der Waals surface area contributed by atoms with E-state index in [0.29, 0.717) is 11.7 Å². The maximum absolute atomic E-state index is 12.8. The largest absolute Gasteiger partial charge is 0.329 e. The lowest BCUT2D eigenvalue weighted by atomic mass is 9.85. The number of nitrogens with zero attached hydrogens (tertiary/aromatic N) is 2. The highest BCUT2D eigenvalue weighted by Crippen LogP contribution is 2.36. The van der Waals surface area contributed by atoms with Gasteiger partial charge < -0.3 is 4.57 Å². The van der Waals surface area contributed by atoms with Gasteiger partial charge in [-0.25, -0.2) is 0 Å². The van der Waals surface area contributed by atoms with Crippen LogP contribution >= 0.6 is 11.3 Å². The number of aromatic nitrogens is 1.